The minimum atomic E-state index is 0.234. The molecule has 2 N–H and O–H groups in total. The molecule has 2 rings (SSSR count). The molecule has 1 aromatic rings. The minimum absolute atomic E-state index is 0.234. The highest BCUT2D eigenvalue weighted by atomic mass is 16.3. The maximum absolute atomic E-state index is 9.93. The molecular formula is C14H18O2. The van der Waals surface area contributed by atoms with Crippen LogP contribution < -0.4 is 0 Å². The predicted octanol–water partition coefficient (Wildman–Crippen LogP) is 3.62. The first-order chi connectivity index (χ1) is 7.58. The lowest BCUT2D eigenvalue weighted by Gasteiger charge is -2.23. The third-order valence-electron chi connectivity index (χ3n) is 3.27. The van der Waals surface area contributed by atoms with Gasteiger partial charge < -0.3 is 10.2 Å². The molecule has 1 unspecified atom stereocenters. The fourth-order valence-electron chi connectivity index (χ4n) is 2.53. The molecular weight excluding hydrogens is 200 g/mol. The number of hydrogen-bond acceptors (Lipinski definition) is 2. The fourth-order valence-corrected chi connectivity index (χ4v) is 2.53. The first-order valence-corrected chi connectivity index (χ1v) is 5.76. The molecule has 0 spiro atoms. The standard InChI is InChI=1S/C14H18O2/c1-9-4-3-5-11(6-9)14-12(15)7-10(2)8-13(14)16/h4,7-8,11,15-16H,3,5-6H2,1-2H3. The van der Waals surface area contributed by atoms with Crippen molar-refractivity contribution >= 4 is 0 Å². The van der Waals surface area contributed by atoms with Crippen LogP contribution in [0.5, 0.6) is 11.5 Å². The van der Waals surface area contributed by atoms with Gasteiger partial charge in [0, 0.05) is 5.56 Å². The summed E-state index contributed by atoms with van der Waals surface area (Å²) in [7, 11) is 0. The maximum atomic E-state index is 9.93. The van der Waals surface area contributed by atoms with Gasteiger partial charge in [-0.15, -0.1) is 0 Å². The van der Waals surface area contributed by atoms with Crippen molar-refractivity contribution in [1.29, 1.82) is 0 Å². The van der Waals surface area contributed by atoms with Gasteiger partial charge in [0.05, 0.1) is 0 Å². The second-order valence-electron chi connectivity index (χ2n) is 4.75. The summed E-state index contributed by atoms with van der Waals surface area (Å²) in [4.78, 5) is 0. The Kier molecular flexibility index (Phi) is 2.90. The second kappa shape index (κ2) is 4.20. The van der Waals surface area contributed by atoms with E-state index in [1.54, 1.807) is 12.1 Å². The first kappa shape index (κ1) is 11.1. The minimum Gasteiger partial charge on any atom is -0.508 e. The number of benzene rings is 1. The molecule has 0 radical (unpaired) electrons. The lowest BCUT2D eigenvalue weighted by atomic mass is 9.83. The third kappa shape index (κ3) is 2.06. The van der Waals surface area contributed by atoms with Gasteiger partial charge >= 0.3 is 0 Å². The van der Waals surface area contributed by atoms with Crippen LogP contribution in [0.3, 0.4) is 0 Å². The monoisotopic (exact) mass is 218 g/mol. The number of allylic oxidation sites excluding steroid dienone is 2. The van der Waals surface area contributed by atoms with Crippen LogP contribution >= 0.6 is 0 Å². The van der Waals surface area contributed by atoms with Crippen LogP contribution in [0.25, 0.3) is 0 Å². The zero-order chi connectivity index (χ0) is 11.7. The SMILES string of the molecule is CC1=CCCC(c2c(O)cc(C)cc2O)C1. The van der Waals surface area contributed by atoms with Crippen LogP contribution in [-0.4, -0.2) is 10.2 Å². The van der Waals surface area contributed by atoms with Crippen LogP contribution in [-0.2, 0) is 0 Å². The van der Waals surface area contributed by atoms with Crippen molar-refractivity contribution in [2.45, 2.75) is 39.0 Å². The Bertz CT molecular complexity index is 409. The van der Waals surface area contributed by atoms with Crippen molar-refractivity contribution in [3.8, 4) is 11.5 Å². The highest BCUT2D eigenvalue weighted by Crippen LogP contribution is 2.42. The van der Waals surface area contributed by atoms with Gasteiger partial charge in [0.1, 0.15) is 11.5 Å². The molecule has 0 aliphatic heterocycles. The first-order valence-electron chi connectivity index (χ1n) is 5.76. The van der Waals surface area contributed by atoms with E-state index >= 15 is 0 Å². The summed E-state index contributed by atoms with van der Waals surface area (Å²) in [6.45, 7) is 3.98. The van der Waals surface area contributed by atoms with E-state index in [4.69, 9.17) is 0 Å². The van der Waals surface area contributed by atoms with Gasteiger partial charge in [-0.2, -0.15) is 0 Å². The normalized spacial score (nSPS) is 20.6. The van der Waals surface area contributed by atoms with E-state index in [1.165, 1.54) is 5.57 Å². The lowest BCUT2D eigenvalue weighted by molar-refractivity contribution is 0.420. The Morgan fingerprint density at radius 2 is 1.75 bits per heavy atom. The Hall–Kier alpha value is -1.44. The van der Waals surface area contributed by atoms with Gasteiger partial charge in [-0.25, -0.2) is 0 Å². The van der Waals surface area contributed by atoms with Crippen LogP contribution in [0.15, 0.2) is 23.8 Å². The van der Waals surface area contributed by atoms with Crippen molar-refractivity contribution in [3.05, 3.63) is 34.9 Å². The molecule has 0 bridgehead atoms. The van der Waals surface area contributed by atoms with Gasteiger partial charge in [0.2, 0.25) is 0 Å². The maximum Gasteiger partial charge on any atom is 0.123 e. The summed E-state index contributed by atoms with van der Waals surface area (Å²) >= 11 is 0. The summed E-state index contributed by atoms with van der Waals surface area (Å²) < 4.78 is 0. The largest absolute Gasteiger partial charge is 0.508 e. The Morgan fingerprint density at radius 3 is 2.31 bits per heavy atom. The summed E-state index contributed by atoms with van der Waals surface area (Å²) in [5.41, 5.74) is 2.95. The van der Waals surface area contributed by atoms with E-state index in [-0.39, 0.29) is 17.4 Å². The van der Waals surface area contributed by atoms with E-state index < -0.39 is 0 Å². The van der Waals surface area contributed by atoms with Gasteiger partial charge in [0.15, 0.2) is 0 Å². The van der Waals surface area contributed by atoms with Crippen LogP contribution in [0.2, 0.25) is 0 Å². The second-order valence-corrected chi connectivity index (χ2v) is 4.75. The van der Waals surface area contributed by atoms with Crippen molar-refractivity contribution in [1.82, 2.24) is 0 Å². The Balaban J connectivity index is 2.37. The molecule has 1 atom stereocenters. The van der Waals surface area contributed by atoms with E-state index in [9.17, 15) is 10.2 Å². The molecule has 0 amide bonds. The summed E-state index contributed by atoms with van der Waals surface area (Å²) in [5, 5.41) is 19.9. The molecule has 0 saturated heterocycles. The number of aryl methyl sites for hydroxylation is 1. The number of phenolic OH excluding ortho intramolecular Hbond substituents is 2. The Labute approximate surface area is 96.2 Å². The third-order valence-corrected chi connectivity index (χ3v) is 3.27. The summed E-state index contributed by atoms with van der Waals surface area (Å²) in [5.74, 6) is 0.722. The average molecular weight is 218 g/mol. The molecule has 1 aliphatic rings. The van der Waals surface area contributed by atoms with Crippen molar-refractivity contribution < 1.29 is 10.2 Å². The van der Waals surface area contributed by atoms with Gasteiger partial charge in [0.25, 0.3) is 0 Å². The van der Waals surface area contributed by atoms with Crippen molar-refractivity contribution in [2.24, 2.45) is 0 Å². The molecule has 0 aromatic heterocycles. The molecule has 86 valence electrons. The molecule has 16 heavy (non-hydrogen) atoms. The molecule has 1 aliphatic carbocycles. The smallest absolute Gasteiger partial charge is 0.123 e. The molecule has 2 heteroatoms. The van der Waals surface area contributed by atoms with E-state index in [0.29, 0.717) is 0 Å². The topological polar surface area (TPSA) is 40.5 Å². The van der Waals surface area contributed by atoms with Crippen LogP contribution in [0, 0.1) is 6.92 Å². The van der Waals surface area contributed by atoms with Gasteiger partial charge in [-0.05, 0) is 56.7 Å². The van der Waals surface area contributed by atoms with Crippen LogP contribution in [0.4, 0.5) is 0 Å². The fraction of sp³-hybridized carbons (Fsp3) is 0.429. The quantitative estimate of drug-likeness (QED) is 0.707. The zero-order valence-corrected chi connectivity index (χ0v) is 9.83. The van der Waals surface area contributed by atoms with Crippen molar-refractivity contribution in [3.63, 3.8) is 0 Å². The number of rotatable bonds is 1. The average Bonchev–Trinajstić information content (AvgIpc) is 2.15. The predicted molar refractivity (Wildman–Crippen MR) is 64.9 cm³/mol. The highest BCUT2D eigenvalue weighted by molar-refractivity contribution is 5.49. The van der Waals surface area contributed by atoms with Crippen molar-refractivity contribution in [2.75, 3.05) is 0 Å². The molecule has 0 fully saturated rings. The number of aromatic hydroxyl groups is 2. The van der Waals surface area contributed by atoms with Crippen LogP contribution in [0.1, 0.15) is 43.2 Å². The highest BCUT2D eigenvalue weighted by Gasteiger charge is 2.22. The summed E-state index contributed by atoms with van der Waals surface area (Å²) in [6.07, 6.45) is 5.20. The zero-order valence-electron chi connectivity index (χ0n) is 9.83. The Morgan fingerprint density at radius 1 is 1.12 bits per heavy atom. The van der Waals surface area contributed by atoms with E-state index in [0.717, 1.165) is 30.4 Å². The van der Waals surface area contributed by atoms with E-state index in [2.05, 4.69) is 13.0 Å². The van der Waals surface area contributed by atoms with E-state index in [1.807, 2.05) is 6.92 Å². The van der Waals surface area contributed by atoms with Gasteiger partial charge in [-0.3, -0.25) is 0 Å². The molecule has 0 saturated carbocycles. The number of hydrogen-bond donors (Lipinski definition) is 2. The molecule has 0 heterocycles. The number of phenols is 2. The summed E-state index contributed by atoms with van der Waals surface area (Å²) in [6, 6.07) is 3.45. The molecule has 1 aromatic carbocycles. The lowest BCUT2D eigenvalue weighted by Crippen LogP contribution is -2.04. The van der Waals surface area contributed by atoms with Gasteiger partial charge in [-0.1, -0.05) is 11.6 Å². The molecule has 2 nitrogen and oxygen atoms in total.